The third kappa shape index (κ3) is 4.89. The normalized spacial score (nSPS) is 11.6. The first-order valence-corrected chi connectivity index (χ1v) is 11.6. The molecule has 0 saturated carbocycles. The van der Waals surface area contributed by atoms with Gasteiger partial charge in [-0.3, -0.25) is 9.78 Å². The van der Waals surface area contributed by atoms with E-state index in [2.05, 4.69) is 31.0 Å². The molecule has 0 fully saturated rings. The molecule has 3 N–H and O–H groups in total. The average Bonchev–Trinajstić information content (AvgIpc) is 2.72. The summed E-state index contributed by atoms with van der Waals surface area (Å²) in [6.45, 7) is 0.240. The Bertz CT molecular complexity index is 1210. The summed E-state index contributed by atoms with van der Waals surface area (Å²) < 4.78 is 41.3. The van der Waals surface area contributed by atoms with Crippen LogP contribution in [0.5, 0.6) is 5.75 Å². The maximum atomic E-state index is 14.1. The molecular weight excluding hydrogens is 501 g/mol. The second-order valence-corrected chi connectivity index (χ2v) is 9.18. The highest BCUT2D eigenvalue weighted by Gasteiger charge is 2.23. The van der Waals surface area contributed by atoms with Crippen LogP contribution in [0.25, 0.3) is 10.9 Å². The van der Waals surface area contributed by atoms with Crippen LogP contribution in [-0.2, 0) is 16.6 Å². The Morgan fingerprint density at radius 2 is 1.93 bits per heavy atom. The van der Waals surface area contributed by atoms with Gasteiger partial charge in [-0.05, 0) is 29.8 Å². The average molecular weight is 517 g/mol. The van der Waals surface area contributed by atoms with Gasteiger partial charge in [0.1, 0.15) is 22.0 Å². The molecule has 2 aromatic carbocycles. The van der Waals surface area contributed by atoms with Gasteiger partial charge in [-0.1, -0.05) is 39.7 Å². The molecule has 1 amide bonds. The minimum atomic E-state index is -4.08. The lowest BCUT2D eigenvalue weighted by atomic mass is 10.1. The zero-order chi connectivity index (χ0) is 21.9. The second kappa shape index (κ2) is 9.25. The molecule has 0 saturated heterocycles. The fourth-order valence-corrected chi connectivity index (χ4v) is 4.52. The van der Waals surface area contributed by atoms with E-state index >= 15 is 0 Å². The number of carbonyl (C=O) groups excluding carboxylic acids is 1. The number of pyridine rings is 1. The van der Waals surface area contributed by atoms with Gasteiger partial charge in [0.25, 0.3) is 5.91 Å². The molecule has 3 aromatic rings. The van der Waals surface area contributed by atoms with Crippen molar-refractivity contribution in [2.75, 3.05) is 11.9 Å². The van der Waals surface area contributed by atoms with E-state index < -0.39 is 32.4 Å². The Morgan fingerprint density at radius 1 is 1.23 bits per heavy atom. The molecule has 7 nitrogen and oxygen atoms in total. The van der Waals surface area contributed by atoms with Gasteiger partial charge in [-0.25, -0.2) is 17.5 Å². The maximum Gasteiger partial charge on any atom is 0.256 e. The van der Waals surface area contributed by atoms with Crippen molar-refractivity contribution >= 4 is 54.4 Å². The molecule has 0 aliphatic carbocycles. The number of rotatable bonds is 7. The topological polar surface area (TPSA) is 108 Å². The SMILES string of the molecule is O=C(NCc1ccc(Cl)cc1)c1cnc2c(S(=O)(=O)NCCBr)cc(F)cc2c1O. The molecule has 0 aliphatic rings. The van der Waals surface area contributed by atoms with Crippen molar-refractivity contribution in [1.82, 2.24) is 15.0 Å². The van der Waals surface area contributed by atoms with E-state index in [1.165, 1.54) is 0 Å². The summed E-state index contributed by atoms with van der Waals surface area (Å²) >= 11 is 8.93. The first kappa shape index (κ1) is 22.4. The molecule has 3 rings (SSSR count). The monoisotopic (exact) mass is 515 g/mol. The van der Waals surface area contributed by atoms with Crippen LogP contribution in [-0.4, -0.2) is 36.3 Å². The van der Waals surface area contributed by atoms with E-state index in [9.17, 15) is 22.7 Å². The zero-order valence-electron chi connectivity index (χ0n) is 15.3. The van der Waals surface area contributed by atoms with Gasteiger partial charge < -0.3 is 10.4 Å². The van der Waals surface area contributed by atoms with Crippen molar-refractivity contribution in [3.8, 4) is 5.75 Å². The maximum absolute atomic E-state index is 14.1. The van der Waals surface area contributed by atoms with Crippen molar-refractivity contribution in [3.63, 3.8) is 0 Å². The van der Waals surface area contributed by atoms with Gasteiger partial charge in [-0.2, -0.15) is 0 Å². The number of hydrogen-bond acceptors (Lipinski definition) is 5. The van der Waals surface area contributed by atoms with E-state index in [1.807, 2.05) is 0 Å². The fraction of sp³-hybridized carbons (Fsp3) is 0.158. The highest BCUT2D eigenvalue weighted by molar-refractivity contribution is 9.09. The predicted molar refractivity (Wildman–Crippen MR) is 115 cm³/mol. The first-order valence-electron chi connectivity index (χ1n) is 8.62. The van der Waals surface area contributed by atoms with Crippen LogP contribution in [0.1, 0.15) is 15.9 Å². The van der Waals surface area contributed by atoms with E-state index in [0.29, 0.717) is 10.4 Å². The largest absolute Gasteiger partial charge is 0.506 e. The van der Waals surface area contributed by atoms with E-state index in [1.54, 1.807) is 24.3 Å². The number of benzene rings is 2. The second-order valence-electron chi connectivity index (χ2n) is 6.22. The third-order valence-corrected chi connectivity index (χ3v) is 6.28. The van der Waals surface area contributed by atoms with Gasteiger partial charge in [0.05, 0.1) is 5.52 Å². The molecule has 0 unspecified atom stereocenters. The van der Waals surface area contributed by atoms with Crippen molar-refractivity contribution in [1.29, 1.82) is 0 Å². The lowest BCUT2D eigenvalue weighted by molar-refractivity contribution is 0.0948. The van der Waals surface area contributed by atoms with Gasteiger partial charge in [0.2, 0.25) is 10.0 Å². The fourth-order valence-electron chi connectivity index (χ4n) is 2.72. The Morgan fingerprint density at radius 3 is 2.60 bits per heavy atom. The molecule has 158 valence electrons. The number of halogens is 3. The lowest BCUT2D eigenvalue weighted by Gasteiger charge is -2.12. The number of amides is 1. The summed E-state index contributed by atoms with van der Waals surface area (Å²) in [5.41, 5.74) is 0.419. The molecule has 0 radical (unpaired) electrons. The highest BCUT2D eigenvalue weighted by Crippen LogP contribution is 2.32. The summed E-state index contributed by atoms with van der Waals surface area (Å²) in [4.78, 5) is 16.1. The van der Waals surface area contributed by atoms with E-state index in [-0.39, 0.29) is 29.6 Å². The zero-order valence-corrected chi connectivity index (χ0v) is 18.5. The summed E-state index contributed by atoms with van der Waals surface area (Å²) in [5, 5.41) is 13.9. The standard InChI is InChI=1S/C19H16BrClFN3O4S/c20-5-6-25-30(28,29)16-8-13(22)7-14-17(16)23-10-15(18(14)26)19(27)24-9-11-1-3-12(21)4-2-11/h1-4,7-8,10,25H,5-6,9H2,(H,23,26)(H,24,27). The summed E-state index contributed by atoms with van der Waals surface area (Å²) in [7, 11) is -4.08. The van der Waals surface area contributed by atoms with Crippen LogP contribution in [0.15, 0.2) is 47.5 Å². The molecule has 1 aromatic heterocycles. The van der Waals surface area contributed by atoms with Crippen LogP contribution in [0.3, 0.4) is 0 Å². The Kier molecular flexibility index (Phi) is 6.91. The van der Waals surface area contributed by atoms with Gasteiger partial charge in [0.15, 0.2) is 0 Å². The minimum absolute atomic E-state index is 0.0809. The number of fused-ring (bicyclic) bond motifs is 1. The quantitative estimate of drug-likeness (QED) is 0.418. The minimum Gasteiger partial charge on any atom is -0.506 e. The predicted octanol–water partition coefficient (Wildman–Crippen LogP) is 3.34. The summed E-state index contributed by atoms with van der Waals surface area (Å²) in [6.07, 6.45) is 1.05. The van der Waals surface area contributed by atoms with Crippen LogP contribution < -0.4 is 10.0 Å². The van der Waals surface area contributed by atoms with Crippen LogP contribution in [0, 0.1) is 5.82 Å². The number of nitrogens with zero attached hydrogens (tertiary/aromatic N) is 1. The lowest BCUT2D eigenvalue weighted by Crippen LogP contribution is -2.26. The van der Waals surface area contributed by atoms with E-state index in [0.717, 1.165) is 23.9 Å². The Balaban J connectivity index is 1.95. The summed E-state index contributed by atoms with van der Waals surface area (Å²) in [5.74, 6) is -2.11. The Labute approximate surface area is 185 Å². The molecule has 0 bridgehead atoms. The number of alkyl halides is 1. The number of sulfonamides is 1. The number of carbonyl (C=O) groups is 1. The molecule has 0 atom stereocenters. The first-order chi connectivity index (χ1) is 14.2. The van der Waals surface area contributed by atoms with Crippen molar-refractivity contribution in [2.24, 2.45) is 0 Å². The molecule has 0 spiro atoms. The van der Waals surface area contributed by atoms with Gasteiger partial charge in [-0.15, -0.1) is 0 Å². The third-order valence-electron chi connectivity index (χ3n) is 4.16. The molecule has 0 aliphatic heterocycles. The van der Waals surface area contributed by atoms with Crippen molar-refractivity contribution in [2.45, 2.75) is 11.4 Å². The number of nitrogens with one attached hydrogen (secondary N) is 2. The number of aromatic nitrogens is 1. The smallest absolute Gasteiger partial charge is 0.256 e. The summed E-state index contributed by atoms with van der Waals surface area (Å²) in [6, 6.07) is 8.54. The highest BCUT2D eigenvalue weighted by atomic mass is 79.9. The van der Waals surface area contributed by atoms with E-state index in [4.69, 9.17) is 11.6 Å². The Hall–Kier alpha value is -2.27. The van der Waals surface area contributed by atoms with Crippen molar-refractivity contribution in [3.05, 3.63) is 64.6 Å². The van der Waals surface area contributed by atoms with Crippen LogP contribution in [0.2, 0.25) is 5.02 Å². The number of hydrogen-bond donors (Lipinski definition) is 3. The van der Waals surface area contributed by atoms with Gasteiger partial charge in [0, 0.05) is 35.0 Å². The van der Waals surface area contributed by atoms with Crippen molar-refractivity contribution < 1.29 is 22.7 Å². The van der Waals surface area contributed by atoms with Gasteiger partial charge >= 0.3 is 0 Å². The van der Waals surface area contributed by atoms with Crippen LogP contribution >= 0.6 is 27.5 Å². The van der Waals surface area contributed by atoms with Crippen LogP contribution in [0.4, 0.5) is 4.39 Å². The molecule has 11 heteroatoms. The molecular formula is C19H16BrClFN3O4S. The molecule has 30 heavy (non-hydrogen) atoms. The number of aromatic hydroxyl groups is 1. The molecule has 1 heterocycles.